The third kappa shape index (κ3) is 1.23. The van der Waals surface area contributed by atoms with Gasteiger partial charge in [-0.2, -0.15) is 17.5 Å². The SMILES string of the molecule is CC1C(C)C2[C@H]3C4C(C(C)N(C)S(=O)(=O)C(F)(F)F)C1[C@@]243. The monoisotopic (exact) mass is 323 g/mol. The van der Waals surface area contributed by atoms with Crippen LogP contribution in [0.3, 0.4) is 0 Å². The zero-order valence-electron chi connectivity index (χ0n) is 12.4. The molecule has 4 saturated carbocycles. The third-order valence-electron chi connectivity index (χ3n) is 7.46. The fourth-order valence-electron chi connectivity index (χ4n) is 6.44. The normalized spacial score (nSPS) is 54.8. The molecule has 0 heterocycles. The Morgan fingerprint density at radius 2 is 1.57 bits per heavy atom. The number of sulfonamides is 1. The molecule has 0 bridgehead atoms. The van der Waals surface area contributed by atoms with E-state index < -0.39 is 21.6 Å². The van der Waals surface area contributed by atoms with Crippen LogP contribution in [0.15, 0.2) is 0 Å². The van der Waals surface area contributed by atoms with Crippen molar-refractivity contribution >= 4 is 10.0 Å². The molecule has 1 spiro atoms. The molecule has 120 valence electrons. The van der Waals surface area contributed by atoms with Crippen LogP contribution in [0.2, 0.25) is 0 Å². The van der Waals surface area contributed by atoms with Crippen molar-refractivity contribution in [2.75, 3.05) is 7.05 Å². The van der Waals surface area contributed by atoms with Crippen LogP contribution >= 0.6 is 0 Å². The van der Waals surface area contributed by atoms with Crippen LogP contribution in [0.4, 0.5) is 13.2 Å². The van der Waals surface area contributed by atoms with Gasteiger partial charge >= 0.3 is 15.5 Å². The van der Waals surface area contributed by atoms with Gasteiger partial charge in [-0.25, -0.2) is 8.42 Å². The van der Waals surface area contributed by atoms with E-state index >= 15 is 0 Å². The molecule has 4 fully saturated rings. The van der Waals surface area contributed by atoms with Crippen molar-refractivity contribution in [3.8, 4) is 0 Å². The number of rotatable bonds is 3. The molecule has 0 aromatic rings. The minimum atomic E-state index is -5.22. The van der Waals surface area contributed by atoms with Gasteiger partial charge in [0.2, 0.25) is 0 Å². The van der Waals surface area contributed by atoms with Crippen molar-refractivity contribution in [2.24, 2.45) is 46.8 Å². The first kappa shape index (κ1) is 14.3. The largest absolute Gasteiger partial charge is 0.511 e. The molecule has 4 aliphatic rings. The average Bonchev–Trinajstić information content (AvgIpc) is 3.16. The van der Waals surface area contributed by atoms with Crippen molar-refractivity contribution in [1.29, 1.82) is 0 Å². The lowest BCUT2D eigenvalue weighted by atomic mass is 9.61. The Kier molecular flexibility index (Phi) is 2.35. The summed E-state index contributed by atoms with van der Waals surface area (Å²) in [5.74, 6) is 3.61. The van der Waals surface area contributed by atoms with Crippen molar-refractivity contribution in [3.63, 3.8) is 0 Å². The highest BCUT2D eigenvalue weighted by Crippen LogP contribution is 3.03. The van der Waals surface area contributed by atoms with Crippen molar-refractivity contribution in [3.05, 3.63) is 0 Å². The molecular weight excluding hydrogens is 303 g/mol. The smallest absolute Gasteiger partial charge is 0.203 e. The minimum absolute atomic E-state index is 0.105. The molecule has 0 amide bonds. The molecule has 3 nitrogen and oxygen atoms in total. The Morgan fingerprint density at radius 1 is 1.05 bits per heavy atom. The number of nitrogens with zero attached hydrogens (tertiary/aromatic N) is 1. The molecule has 21 heavy (non-hydrogen) atoms. The number of halogens is 3. The molecule has 0 radical (unpaired) electrons. The highest BCUT2D eigenvalue weighted by atomic mass is 32.2. The van der Waals surface area contributed by atoms with Gasteiger partial charge < -0.3 is 0 Å². The summed E-state index contributed by atoms with van der Waals surface area (Å²) in [4.78, 5) is 0. The van der Waals surface area contributed by atoms with E-state index in [1.807, 2.05) is 0 Å². The first-order chi connectivity index (χ1) is 9.50. The average molecular weight is 323 g/mol. The zero-order valence-corrected chi connectivity index (χ0v) is 13.2. The predicted octanol–water partition coefficient (Wildman–Crippen LogP) is 2.55. The summed E-state index contributed by atoms with van der Waals surface area (Å²) < 4.78 is 61.9. The zero-order chi connectivity index (χ0) is 15.7. The van der Waals surface area contributed by atoms with Gasteiger partial charge in [-0.05, 0) is 53.8 Å². The number of fused-ring (bicyclic) bond motifs is 2. The molecule has 0 aromatic carbocycles. The van der Waals surface area contributed by atoms with Crippen LogP contribution in [-0.4, -0.2) is 31.3 Å². The summed E-state index contributed by atoms with van der Waals surface area (Å²) in [5, 5.41) is 0. The highest BCUT2D eigenvalue weighted by Gasteiger charge is 3.01. The summed E-state index contributed by atoms with van der Waals surface area (Å²) in [5.41, 5.74) is -4.79. The summed E-state index contributed by atoms with van der Waals surface area (Å²) in [7, 11) is -4.15. The Bertz CT molecular complexity index is 618. The fourth-order valence-corrected chi connectivity index (χ4v) is 7.35. The quantitative estimate of drug-likeness (QED) is 0.800. The van der Waals surface area contributed by atoms with Crippen LogP contribution in [0.5, 0.6) is 0 Å². The number of hydrogen-bond donors (Lipinski definition) is 0. The lowest BCUT2D eigenvalue weighted by Crippen LogP contribution is -2.53. The second kappa shape index (κ2) is 3.45. The van der Waals surface area contributed by atoms with E-state index in [-0.39, 0.29) is 5.92 Å². The summed E-state index contributed by atoms with van der Waals surface area (Å²) in [6, 6.07) is -0.571. The third-order valence-corrected chi connectivity index (χ3v) is 9.13. The van der Waals surface area contributed by atoms with E-state index in [9.17, 15) is 21.6 Å². The molecule has 0 aliphatic heterocycles. The Labute approximate surface area is 122 Å². The second-order valence-electron chi connectivity index (χ2n) is 7.61. The van der Waals surface area contributed by atoms with Gasteiger partial charge in [-0.3, -0.25) is 0 Å². The molecule has 0 N–H and O–H groups in total. The van der Waals surface area contributed by atoms with Crippen LogP contribution < -0.4 is 0 Å². The maximum Gasteiger partial charge on any atom is 0.511 e. The number of alkyl halides is 3. The first-order valence-corrected chi connectivity index (χ1v) is 8.99. The maximum atomic E-state index is 12.7. The molecule has 7 unspecified atom stereocenters. The lowest BCUT2D eigenvalue weighted by molar-refractivity contribution is -0.0536. The van der Waals surface area contributed by atoms with Crippen LogP contribution in [0.1, 0.15) is 20.8 Å². The topological polar surface area (TPSA) is 37.4 Å². The molecule has 9 atom stereocenters. The lowest BCUT2D eigenvalue weighted by Gasteiger charge is -2.48. The van der Waals surface area contributed by atoms with Crippen molar-refractivity contribution < 1.29 is 21.6 Å². The highest BCUT2D eigenvalue weighted by molar-refractivity contribution is 7.90. The summed E-state index contributed by atoms with van der Waals surface area (Å²) >= 11 is 0. The molecule has 7 heteroatoms. The van der Waals surface area contributed by atoms with E-state index in [1.165, 1.54) is 0 Å². The van der Waals surface area contributed by atoms with E-state index in [4.69, 9.17) is 0 Å². The molecule has 4 aliphatic carbocycles. The van der Waals surface area contributed by atoms with E-state index in [2.05, 4.69) is 13.8 Å². The van der Waals surface area contributed by atoms with Gasteiger partial charge in [-0.1, -0.05) is 13.8 Å². The summed E-state index contributed by atoms with van der Waals surface area (Å²) in [6.07, 6.45) is 0. The molecule has 0 aromatic heterocycles. The first-order valence-electron chi connectivity index (χ1n) is 7.55. The van der Waals surface area contributed by atoms with Crippen molar-refractivity contribution in [1.82, 2.24) is 4.31 Å². The molecule has 4 rings (SSSR count). The molecule has 0 saturated heterocycles. The van der Waals surface area contributed by atoms with Gasteiger partial charge in [0, 0.05) is 13.1 Å². The Balaban J connectivity index is 1.57. The van der Waals surface area contributed by atoms with Crippen LogP contribution in [0.25, 0.3) is 0 Å². The van der Waals surface area contributed by atoms with E-state index in [0.29, 0.717) is 39.3 Å². The fraction of sp³-hybridized carbons (Fsp3) is 1.00. The standard InChI is InChI=1S/C14H20F3NO2S/c1-5-6(2)10-12-11-8(9(5)13(10,11)12)7(3)18(4)21(19,20)14(15,16)17/h5-12H,1-4H3/t5?,6?,7?,8?,9?,10?,11?,12-,13+/m0/s1. The minimum Gasteiger partial charge on any atom is -0.203 e. The second-order valence-corrected chi connectivity index (χ2v) is 9.60. The van der Waals surface area contributed by atoms with Gasteiger partial charge in [-0.15, -0.1) is 0 Å². The van der Waals surface area contributed by atoms with Gasteiger partial charge in [0.15, 0.2) is 0 Å². The van der Waals surface area contributed by atoms with E-state index in [0.717, 1.165) is 13.0 Å². The van der Waals surface area contributed by atoms with Gasteiger partial charge in [0.25, 0.3) is 0 Å². The van der Waals surface area contributed by atoms with Crippen LogP contribution in [-0.2, 0) is 10.0 Å². The van der Waals surface area contributed by atoms with E-state index in [1.54, 1.807) is 6.92 Å². The van der Waals surface area contributed by atoms with Crippen molar-refractivity contribution in [2.45, 2.75) is 32.3 Å². The summed E-state index contributed by atoms with van der Waals surface area (Å²) in [6.45, 7) is 6.06. The van der Waals surface area contributed by atoms with Crippen LogP contribution in [0, 0.1) is 46.8 Å². The maximum absolute atomic E-state index is 12.7. The number of hydrogen-bond acceptors (Lipinski definition) is 2. The molecular formula is C14H20F3NO2S. The Morgan fingerprint density at radius 3 is 2.10 bits per heavy atom. The van der Waals surface area contributed by atoms with Gasteiger partial charge in [0.1, 0.15) is 0 Å². The van der Waals surface area contributed by atoms with Gasteiger partial charge in [0.05, 0.1) is 0 Å². The predicted molar refractivity (Wildman–Crippen MR) is 70.4 cm³/mol. The Hall–Kier alpha value is -0.300.